The highest BCUT2D eigenvalue weighted by Gasteiger charge is 2.29. The first-order chi connectivity index (χ1) is 23.6. The molecule has 3 aromatic carbocycles. The summed E-state index contributed by atoms with van der Waals surface area (Å²) >= 11 is 0. The lowest BCUT2D eigenvalue weighted by atomic mass is 9.97. The van der Waals surface area contributed by atoms with Gasteiger partial charge >= 0.3 is 0 Å². The molecule has 2 aliphatic heterocycles. The molecule has 0 aliphatic carbocycles. The second-order valence-corrected chi connectivity index (χ2v) is 15.3. The molecule has 4 heterocycles. The van der Waals surface area contributed by atoms with E-state index >= 15 is 0 Å². The number of morpholine rings is 1. The molecule has 254 valence electrons. The van der Waals surface area contributed by atoms with Crippen molar-refractivity contribution in [2.75, 3.05) is 61.2 Å². The first-order valence-electron chi connectivity index (χ1n) is 16.7. The molecule has 7 rings (SSSR count). The third kappa shape index (κ3) is 7.24. The van der Waals surface area contributed by atoms with Gasteiger partial charge < -0.3 is 19.3 Å². The second-order valence-electron chi connectivity index (χ2n) is 13.2. The number of pyridine rings is 1. The Labute approximate surface area is 287 Å². The zero-order chi connectivity index (χ0) is 34.1. The van der Waals surface area contributed by atoms with E-state index in [-0.39, 0.29) is 17.7 Å². The Balaban J connectivity index is 1.25. The van der Waals surface area contributed by atoms with Gasteiger partial charge in [-0.25, -0.2) is 18.1 Å². The van der Waals surface area contributed by atoms with E-state index in [0.717, 1.165) is 77.3 Å². The van der Waals surface area contributed by atoms with Crippen LogP contribution in [0, 0.1) is 0 Å². The third-order valence-corrected chi connectivity index (χ3v) is 9.85. The van der Waals surface area contributed by atoms with Crippen molar-refractivity contribution in [3.05, 3.63) is 102 Å². The largest absolute Gasteiger partial charge is 0.378 e. The predicted molar refractivity (Wildman–Crippen MR) is 193 cm³/mol. The van der Waals surface area contributed by atoms with Gasteiger partial charge in [-0.05, 0) is 59.0 Å². The number of hydrogen-bond donors (Lipinski definition) is 0. The van der Waals surface area contributed by atoms with Crippen molar-refractivity contribution in [1.82, 2.24) is 14.8 Å². The fraction of sp³-hybridized carbons (Fsp3) is 0.342. The molecule has 0 bridgehead atoms. The smallest absolute Gasteiger partial charge is 0.196 e. The molecule has 2 saturated heterocycles. The standard InChI is InChI=1S/C38H41N5O5S/c1-26(2)37-36-33(28-12-14-29(15-13-28)41-16-18-47-19-17-41)21-34(35(44)25-49(3,45)46)39-38(36)43(40-37)31-11-7-10-30(20-31)42-22-32(23-42)48-24-27-8-5-4-6-9-27/h4-15,20-21,26,32H,16-19,22-25H2,1-3H3. The van der Waals surface area contributed by atoms with E-state index < -0.39 is 21.4 Å². The van der Waals surface area contributed by atoms with Crippen LogP contribution in [0.25, 0.3) is 27.8 Å². The van der Waals surface area contributed by atoms with Gasteiger partial charge in [0.25, 0.3) is 0 Å². The summed E-state index contributed by atoms with van der Waals surface area (Å²) in [4.78, 5) is 22.8. The molecule has 0 saturated carbocycles. The average molecular weight is 680 g/mol. The van der Waals surface area contributed by atoms with Crippen LogP contribution in [0.15, 0.2) is 84.9 Å². The minimum atomic E-state index is -3.57. The van der Waals surface area contributed by atoms with Crippen LogP contribution < -0.4 is 9.80 Å². The van der Waals surface area contributed by atoms with Crippen molar-refractivity contribution in [1.29, 1.82) is 0 Å². The van der Waals surface area contributed by atoms with Gasteiger partial charge in [-0.2, -0.15) is 5.10 Å². The Morgan fingerprint density at radius 3 is 2.31 bits per heavy atom. The molecule has 2 aliphatic rings. The quantitative estimate of drug-likeness (QED) is 0.163. The van der Waals surface area contributed by atoms with E-state index in [2.05, 4.69) is 60.0 Å². The molecule has 0 amide bonds. The maximum absolute atomic E-state index is 13.4. The monoisotopic (exact) mass is 679 g/mol. The third-order valence-electron chi connectivity index (χ3n) is 9.06. The number of sulfone groups is 1. The van der Waals surface area contributed by atoms with Crippen molar-refractivity contribution in [3.8, 4) is 16.8 Å². The van der Waals surface area contributed by atoms with Gasteiger partial charge in [0.2, 0.25) is 0 Å². The van der Waals surface area contributed by atoms with Crippen molar-refractivity contribution in [2.45, 2.75) is 32.5 Å². The average Bonchev–Trinajstić information content (AvgIpc) is 3.48. The number of rotatable bonds is 11. The molecule has 2 fully saturated rings. The number of carbonyl (C=O) groups excluding carboxylic acids is 1. The van der Waals surface area contributed by atoms with Crippen LogP contribution in [0.3, 0.4) is 0 Å². The molecule has 10 nitrogen and oxygen atoms in total. The molecule has 2 aromatic heterocycles. The Morgan fingerprint density at radius 1 is 0.898 bits per heavy atom. The molecule has 0 atom stereocenters. The fourth-order valence-corrected chi connectivity index (χ4v) is 7.07. The summed E-state index contributed by atoms with van der Waals surface area (Å²) < 4.78 is 37.8. The number of carbonyl (C=O) groups is 1. The molecule has 11 heteroatoms. The number of aromatic nitrogens is 3. The highest BCUT2D eigenvalue weighted by Crippen LogP contribution is 2.37. The van der Waals surface area contributed by atoms with Crippen LogP contribution in [0.5, 0.6) is 0 Å². The normalized spacial score (nSPS) is 15.6. The first kappa shape index (κ1) is 32.9. The van der Waals surface area contributed by atoms with Crippen LogP contribution in [0.2, 0.25) is 0 Å². The van der Waals surface area contributed by atoms with Crippen LogP contribution in [-0.2, 0) is 25.9 Å². The number of benzene rings is 3. The van der Waals surface area contributed by atoms with Crippen molar-refractivity contribution >= 4 is 38.0 Å². The van der Waals surface area contributed by atoms with E-state index in [0.29, 0.717) is 25.5 Å². The van der Waals surface area contributed by atoms with E-state index in [1.165, 1.54) is 0 Å². The molecule has 0 spiro atoms. The fourth-order valence-electron chi connectivity index (χ4n) is 6.45. The number of anilines is 2. The minimum absolute atomic E-state index is 0.0515. The van der Waals surface area contributed by atoms with Gasteiger partial charge in [-0.15, -0.1) is 0 Å². The van der Waals surface area contributed by atoms with Gasteiger partial charge in [0.05, 0.1) is 42.7 Å². The van der Waals surface area contributed by atoms with Gasteiger partial charge in [0.1, 0.15) is 11.4 Å². The number of nitrogens with zero attached hydrogens (tertiary/aromatic N) is 5. The van der Waals surface area contributed by atoms with E-state index in [1.807, 2.05) is 42.5 Å². The van der Waals surface area contributed by atoms with Gasteiger partial charge in [-0.3, -0.25) is 4.79 Å². The molecule has 5 aromatic rings. The second kappa shape index (κ2) is 13.7. The van der Waals surface area contributed by atoms with E-state index in [4.69, 9.17) is 19.6 Å². The molecule has 0 N–H and O–H groups in total. The van der Waals surface area contributed by atoms with E-state index in [1.54, 1.807) is 10.7 Å². The molecule has 0 radical (unpaired) electrons. The molecule has 49 heavy (non-hydrogen) atoms. The Kier molecular flexibility index (Phi) is 9.23. The summed E-state index contributed by atoms with van der Waals surface area (Å²) in [5.41, 5.74) is 7.24. The summed E-state index contributed by atoms with van der Waals surface area (Å²) in [6.45, 7) is 9.35. The lowest BCUT2D eigenvalue weighted by Gasteiger charge is -2.40. The van der Waals surface area contributed by atoms with Gasteiger partial charge in [0, 0.05) is 43.8 Å². The number of fused-ring (bicyclic) bond motifs is 1. The van der Waals surface area contributed by atoms with Crippen molar-refractivity contribution < 1.29 is 22.7 Å². The SMILES string of the molecule is CC(C)c1nn(-c2cccc(N3CC(OCc4ccccc4)C3)c2)c2nc(C(=O)CS(C)(=O)=O)cc(-c3ccc(N4CCOCC4)cc3)c12. The van der Waals surface area contributed by atoms with Gasteiger partial charge in [0.15, 0.2) is 21.3 Å². The molecular formula is C38H41N5O5S. The summed E-state index contributed by atoms with van der Waals surface area (Å²) in [6, 6.07) is 28.3. The number of ketones is 1. The summed E-state index contributed by atoms with van der Waals surface area (Å²) in [5, 5.41) is 5.93. The molecular weight excluding hydrogens is 639 g/mol. The Hall–Kier alpha value is -4.58. The zero-order valence-corrected chi connectivity index (χ0v) is 28.9. The highest BCUT2D eigenvalue weighted by molar-refractivity contribution is 7.91. The van der Waals surface area contributed by atoms with Crippen LogP contribution in [0.4, 0.5) is 11.4 Å². The summed E-state index contributed by atoms with van der Waals surface area (Å²) in [6.07, 6.45) is 1.21. The topological polar surface area (TPSA) is 107 Å². The predicted octanol–water partition coefficient (Wildman–Crippen LogP) is 5.68. The van der Waals surface area contributed by atoms with Crippen LogP contribution >= 0.6 is 0 Å². The zero-order valence-electron chi connectivity index (χ0n) is 28.1. The van der Waals surface area contributed by atoms with E-state index in [9.17, 15) is 13.2 Å². The van der Waals surface area contributed by atoms with Crippen LogP contribution in [-0.4, -0.2) is 86.5 Å². The maximum atomic E-state index is 13.4. The van der Waals surface area contributed by atoms with Crippen LogP contribution in [0.1, 0.15) is 41.5 Å². The summed E-state index contributed by atoms with van der Waals surface area (Å²) in [7, 11) is -3.57. The van der Waals surface area contributed by atoms with Crippen molar-refractivity contribution in [3.63, 3.8) is 0 Å². The lowest BCUT2D eigenvalue weighted by Crippen LogP contribution is -2.52. The van der Waals surface area contributed by atoms with Crippen molar-refractivity contribution in [2.24, 2.45) is 0 Å². The minimum Gasteiger partial charge on any atom is -0.378 e. The lowest BCUT2D eigenvalue weighted by molar-refractivity contribution is 0.0224. The van der Waals surface area contributed by atoms with Gasteiger partial charge in [-0.1, -0.05) is 62.4 Å². The molecule has 0 unspecified atom stereocenters. The maximum Gasteiger partial charge on any atom is 0.196 e. The number of ether oxygens (including phenoxy) is 2. The summed E-state index contributed by atoms with van der Waals surface area (Å²) in [5.74, 6) is -1.12. The Bertz CT molecular complexity index is 2070. The highest BCUT2D eigenvalue weighted by atomic mass is 32.2. The Morgan fingerprint density at radius 2 is 1.61 bits per heavy atom. The number of Topliss-reactive ketones (excluding diaryl/α,β-unsaturated/α-hetero) is 1. The first-order valence-corrected chi connectivity index (χ1v) is 18.8. The number of hydrogen-bond acceptors (Lipinski definition) is 9.